The molecule has 2 rings (SSSR count). The third kappa shape index (κ3) is 4.16. The van der Waals surface area contributed by atoms with Crippen molar-refractivity contribution in [2.75, 3.05) is 6.61 Å². The van der Waals surface area contributed by atoms with E-state index in [0.29, 0.717) is 18.5 Å². The Morgan fingerprint density at radius 1 is 1.50 bits per heavy atom. The predicted octanol–water partition coefficient (Wildman–Crippen LogP) is 1.20. The molecule has 0 bridgehead atoms. The van der Waals surface area contributed by atoms with E-state index in [9.17, 15) is 4.79 Å². The van der Waals surface area contributed by atoms with Gasteiger partial charge >= 0.3 is 0 Å². The molecule has 1 amide bonds. The Bertz CT molecular complexity index is 629. The second-order valence-electron chi connectivity index (χ2n) is 3.86. The van der Waals surface area contributed by atoms with Gasteiger partial charge in [0, 0.05) is 18.0 Å². The highest BCUT2D eigenvalue weighted by Crippen LogP contribution is 2.13. The SMILES string of the molecule is O=C(NCc1ccncn1)c1csc(C#CCCO)c1. The van der Waals surface area contributed by atoms with E-state index in [1.807, 2.05) is 0 Å². The summed E-state index contributed by atoms with van der Waals surface area (Å²) in [4.78, 5) is 20.6. The Balaban J connectivity index is 1.92. The molecule has 0 aliphatic rings. The van der Waals surface area contributed by atoms with Crippen LogP contribution < -0.4 is 5.32 Å². The lowest BCUT2D eigenvalue weighted by Gasteiger charge is -2.02. The van der Waals surface area contributed by atoms with Crippen LogP contribution in [0.5, 0.6) is 0 Å². The van der Waals surface area contributed by atoms with Crippen LogP contribution >= 0.6 is 11.3 Å². The molecule has 102 valence electrons. The lowest BCUT2D eigenvalue weighted by Crippen LogP contribution is -2.22. The van der Waals surface area contributed by atoms with Gasteiger partial charge in [-0.1, -0.05) is 11.8 Å². The van der Waals surface area contributed by atoms with E-state index in [0.717, 1.165) is 10.6 Å². The number of carbonyl (C=O) groups excluding carboxylic acids is 1. The number of nitrogens with zero attached hydrogens (tertiary/aromatic N) is 2. The minimum atomic E-state index is -0.157. The van der Waals surface area contributed by atoms with Gasteiger partial charge in [0.1, 0.15) is 6.33 Å². The van der Waals surface area contributed by atoms with Crippen LogP contribution in [-0.2, 0) is 6.54 Å². The number of aromatic nitrogens is 2. The molecule has 2 N–H and O–H groups in total. The summed E-state index contributed by atoms with van der Waals surface area (Å²) in [6.45, 7) is 0.410. The number of carbonyl (C=O) groups is 1. The van der Waals surface area contributed by atoms with Crippen molar-refractivity contribution in [3.05, 3.63) is 46.2 Å². The van der Waals surface area contributed by atoms with Crippen molar-refractivity contribution in [3.8, 4) is 11.8 Å². The molecule has 0 fully saturated rings. The molecule has 2 aromatic rings. The Labute approximate surface area is 120 Å². The zero-order valence-electron chi connectivity index (χ0n) is 10.7. The molecule has 2 heterocycles. The topological polar surface area (TPSA) is 75.1 Å². The molecule has 6 heteroatoms. The van der Waals surface area contributed by atoms with Gasteiger partial charge in [-0.15, -0.1) is 11.3 Å². The van der Waals surface area contributed by atoms with Crippen LogP contribution in [0.2, 0.25) is 0 Å². The van der Waals surface area contributed by atoms with Crippen LogP contribution in [0, 0.1) is 11.8 Å². The monoisotopic (exact) mass is 287 g/mol. The summed E-state index contributed by atoms with van der Waals surface area (Å²) in [5, 5.41) is 13.2. The standard InChI is InChI=1S/C14H13N3O2S/c18-6-2-1-3-13-7-11(9-20-13)14(19)16-8-12-4-5-15-10-17-12/h4-5,7,9-10,18H,2,6,8H2,(H,16,19). The molecule has 0 unspecified atom stereocenters. The van der Waals surface area contributed by atoms with Crippen LogP contribution in [0.3, 0.4) is 0 Å². The van der Waals surface area contributed by atoms with Crippen molar-refractivity contribution in [1.29, 1.82) is 0 Å². The van der Waals surface area contributed by atoms with Crippen molar-refractivity contribution in [2.24, 2.45) is 0 Å². The second-order valence-corrected chi connectivity index (χ2v) is 4.77. The lowest BCUT2D eigenvalue weighted by molar-refractivity contribution is 0.0951. The van der Waals surface area contributed by atoms with E-state index in [-0.39, 0.29) is 12.5 Å². The number of rotatable bonds is 4. The maximum atomic E-state index is 11.9. The molecule has 0 saturated carbocycles. The number of hydrogen-bond acceptors (Lipinski definition) is 5. The van der Waals surface area contributed by atoms with Gasteiger partial charge in [-0.25, -0.2) is 9.97 Å². The zero-order valence-corrected chi connectivity index (χ0v) is 11.5. The molecular formula is C14H13N3O2S. The fourth-order valence-electron chi connectivity index (χ4n) is 1.42. The molecule has 0 aromatic carbocycles. The summed E-state index contributed by atoms with van der Waals surface area (Å²) in [5.41, 5.74) is 1.34. The van der Waals surface area contributed by atoms with Crippen molar-refractivity contribution in [2.45, 2.75) is 13.0 Å². The largest absolute Gasteiger partial charge is 0.395 e. The third-order valence-electron chi connectivity index (χ3n) is 2.38. The van der Waals surface area contributed by atoms with Crippen LogP contribution in [-0.4, -0.2) is 27.6 Å². The number of thiophene rings is 1. The number of aliphatic hydroxyl groups excluding tert-OH is 1. The molecule has 0 saturated heterocycles. The quantitative estimate of drug-likeness (QED) is 0.829. The van der Waals surface area contributed by atoms with Crippen molar-refractivity contribution < 1.29 is 9.90 Å². The van der Waals surface area contributed by atoms with Crippen LogP contribution in [0.15, 0.2) is 30.0 Å². The fourth-order valence-corrected chi connectivity index (χ4v) is 2.18. The minimum absolute atomic E-state index is 0.0463. The van der Waals surface area contributed by atoms with Crippen molar-refractivity contribution in [3.63, 3.8) is 0 Å². The molecule has 20 heavy (non-hydrogen) atoms. The lowest BCUT2D eigenvalue weighted by atomic mass is 10.3. The molecular weight excluding hydrogens is 274 g/mol. The fraction of sp³-hybridized carbons (Fsp3) is 0.214. The first kappa shape index (κ1) is 14.2. The summed E-state index contributed by atoms with van der Waals surface area (Å²) in [5.74, 6) is 5.57. The predicted molar refractivity (Wildman–Crippen MR) is 76.1 cm³/mol. The van der Waals surface area contributed by atoms with Gasteiger partial charge in [0.2, 0.25) is 0 Å². The van der Waals surface area contributed by atoms with Crippen LogP contribution in [0.1, 0.15) is 27.3 Å². The summed E-state index contributed by atoms with van der Waals surface area (Å²) in [7, 11) is 0. The first-order chi connectivity index (χ1) is 9.79. The number of nitrogens with one attached hydrogen (secondary N) is 1. The van der Waals surface area contributed by atoms with Gasteiger partial charge in [-0.05, 0) is 12.1 Å². The number of amides is 1. The van der Waals surface area contributed by atoms with Gasteiger partial charge in [0.25, 0.3) is 5.91 Å². The van der Waals surface area contributed by atoms with Crippen molar-refractivity contribution >= 4 is 17.2 Å². The highest BCUT2D eigenvalue weighted by Gasteiger charge is 2.07. The highest BCUT2D eigenvalue weighted by atomic mass is 32.1. The van der Waals surface area contributed by atoms with E-state index in [2.05, 4.69) is 27.1 Å². The van der Waals surface area contributed by atoms with E-state index >= 15 is 0 Å². The van der Waals surface area contributed by atoms with Gasteiger partial charge in [-0.3, -0.25) is 4.79 Å². The highest BCUT2D eigenvalue weighted by molar-refractivity contribution is 7.10. The summed E-state index contributed by atoms with van der Waals surface area (Å²) in [6, 6.07) is 3.49. The van der Waals surface area contributed by atoms with E-state index in [1.165, 1.54) is 17.7 Å². The Hall–Kier alpha value is -2.23. The summed E-state index contributed by atoms with van der Waals surface area (Å²) >= 11 is 1.41. The first-order valence-corrected chi connectivity index (χ1v) is 6.89. The zero-order chi connectivity index (χ0) is 14.2. The average Bonchev–Trinajstić information content (AvgIpc) is 2.95. The molecule has 0 atom stereocenters. The van der Waals surface area contributed by atoms with Gasteiger partial charge < -0.3 is 10.4 Å². The molecule has 0 radical (unpaired) electrons. The van der Waals surface area contributed by atoms with Gasteiger partial charge in [-0.2, -0.15) is 0 Å². The third-order valence-corrected chi connectivity index (χ3v) is 3.23. The molecule has 0 spiro atoms. The summed E-state index contributed by atoms with van der Waals surface area (Å²) < 4.78 is 0. The Morgan fingerprint density at radius 3 is 3.15 bits per heavy atom. The van der Waals surface area contributed by atoms with Crippen molar-refractivity contribution in [1.82, 2.24) is 15.3 Å². The van der Waals surface area contributed by atoms with Gasteiger partial charge in [0.05, 0.1) is 29.3 Å². The summed E-state index contributed by atoms with van der Waals surface area (Å²) in [6.07, 6.45) is 3.52. The first-order valence-electron chi connectivity index (χ1n) is 6.01. The number of hydrogen-bond donors (Lipinski definition) is 2. The average molecular weight is 287 g/mol. The van der Waals surface area contributed by atoms with E-state index in [1.54, 1.807) is 23.7 Å². The molecule has 0 aliphatic heterocycles. The maximum absolute atomic E-state index is 11.9. The normalized spacial score (nSPS) is 9.65. The van der Waals surface area contributed by atoms with Crippen LogP contribution in [0.4, 0.5) is 0 Å². The number of aliphatic hydroxyl groups is 1. The maximum Gasteiger partial charge on any atom is 0.252 e. The van der Waals surface area contributed by atoms with E-state index < -0.39 is 0 Å². The minimum Gasteiger partial charge on any atom is -0.395 e. The molecule has 2 aromatic heterocycles. The smallest absolute Gasteiger partial charge is 0.252 e. The van der Waals surface area contributed by atoms with Gasteiger partial charge in [0.15, 0.2) is 0 Å². The Morgan fingerprint density at radius 2 is 2.40 bits per heavy atom. The second kappa shape index (κ2) is 7.38. The van der Waals surface area contributed by atoms with E-state index in [4.69, 9.17) is 5.11 Å². The van der Waals surface area contributed by atoms with Crippen LogP contribution in [0.25, 0.3) is 0 Å². The Kier molecular flexibility index (Phi) is 5.24. The molecule has 0 aliphatic carbocycles. The molecule has 5 nitrogen and oxygen atoms in total.